The summed E-state index contributed by atoms with van der Waals surface area (Å²) < 4.78 is 5.89. The molecule has 3 rings (SSSR count). The number of rotatable bonds is 3. The van der Waals surface area contributed by atoms with Gasteiger partial charge in [-0.1, -0.05) is 23.8 Å². The van der Waals surface area contributed by atoms with E-state index in [1.54, 1.807) is 6.07 Å². The molecule has 1 aromatic heterocycles. The van der Waals surface area contributed by atoms with E-state index in [0.29, 0.717) is 27.2 Å². The Balaban J connectivity index is 2.01. The van der Waals surface area contributed by atoms with Gasteiger partial charge < -0.3 is 10.5 Å². The van der Waals surface area contributed by atoms with Crippen LogP contribution in [0.5, 0.6) is 11.6 Å². The van der Waals surface area contributed by atoms with Crippen LogP contribution in [-0.4, -0.2) is 9.97 Å². The first kappa shape index (κ1) is 14.3. The van der Waals surface area contributed by atoms with Crippen molar-refractivity contribution in [3.05, 3.63) is 51.7 Å². The highest BCUT2D eigenvalue weighted by molar-refractivity contribution is 7.80. The van der Waals surface area contributed by atoms with Crippen LogP contribution in [0.25, 0.3) is 0 Å². The van der Waals surface area contributed by atoms with E-state index in [0.717, 1.165) is 30.5 Å². The van der Waals surface area contributed by atoms with Gasteiger partial charge in [0.15, 0.2) is 0 Å². The van der Waals surface area contributed by atoms with Gasteiger partial charge in [-0.2, -0.15) is 0 Å². The van der Waals surface area contributed by atoms with Gasteiger partial charge in [-0.05, 0) is 61.6 Å². The minimum absolute atomic E-state index is 0.304. The number of thiocarbonyl (C=S) groups is 1. The molecule has 0 fully saturated rings. The highest BCUT2D eigenvalue weighted by Gasteiger charge is 2.19. The lowest BCUT2D eigenvalue weighted by molar-refractivity contribution is 0.459. The maximum Gasteiger partial charge on any atom is 0.229 e. The molecule has 0 saturated carbocycles. The van der Waals surface area contributed by atoms with Gasteiger partial charge in [-0.15, -0.1) is 0 Å². The SMILES string of the molecule is Cc1cc(Oc2nc3c(cc2C(N)=S)CCC3)ccc1Cl. The summed E-state index contributed by atoms with van der Waals surface area (Å²) in [5.74, 6) is 1.16. The number of hydrogen-bond donors (Lipinski definition) is 1. The predicted octanol–water partition coefficient (Wildman–Crippen LogP) is 3.96. The standard InChI is InChI=1S/C16H15ClN2OS/c1-9-7-11(5-6-13(9)17)20-16-12(15(18)21)8-10-3-2-4-14(10)19-16/h5-8H,2-4H2,1H3,(H2,18,21). The van der Waals surface area contributed by atoms with Crippen LogP contribution in [0.1, 0.15) is 28.8 Å². The normalized spacial score (nSPS) is 13.0. The Morgan fingerprint density at radius 2 is 2.14 bits per heavy atom. The second-order valence-corrected chi connectivity index (χ2v) is 6.02. The van der Waals surface area contributed by atoms with E-state index in [4.69, 9.17) is 34.3 Å². The van der Waals surface area contributed by atoms with Crippen molar-refractivity contribution in [3.63, 3.8) is 0 Å². The molecule has 108 valence electrons. The Bertz CT molecular complexity index is 730. The zero-order valence-electron chi connectivity index (χ0n) is 11.6. The number of halogens is 1. The molecule has 0 bridgehead atoms. The lowest BCUT2D eigenvalue weighted by Crippen LogP contribution is -2.13. The number of ether oxygens (including phenoxy) is 1. The van der Waals surface area contributed by atoms with E-state index in [9.17, 15) is 0 Å². The molecule has 1 aliphatic carbocycles. The number of benzene rings is 1. The van der Waals surface area contributed by atoms with Crippen molar-refractivity contribution in [3.8, 4) is 11.6 Å². The minimum atomic E-state index is 0.304. The van der Waals surface area contributed by atoms with E-state index in [1.165, 1.54) is 5.56 Å². The van der Waals surface area contributed by atoms with Gasteiger partial charge in [0.2, 0.25) is 5.88 Å². The monoisotopic (exact) mass is 318 g/mol. The molecule has 1 aromatic carbocycles. The number of pyridine rings is 1. The van der Waals surface area contributed by atoms with Crippen LogP contribution < -0.4 is 10.5 Å². The molecular formula is C16H15ClN2OS. The maximum atomic E-state index is 6.03. The molecule has 0 saturated heterocycles. The Hall–Kier alpha value is -1.65. The summed E-state index contributed by atoms with van der Waals surface area (Å²) in [6.45, 7) is 1.93. The first-order valence-corrected chi connectivity index (χ1v) is 7.60. The summed E-state index contributed by atoms with van der Waals surface area (Å²) in [6.07, 6.45) is 3.11. The van der Waals surface area contributed by atoms with Gasteiger partial charge in [0.25, 0.3) is 0 Å². The van der Waals surface area contributed by atoms with Crippen LogP contribution in [-0.2, 0) is 12.8 Å². The van der Waals surface area contributed by atoms with E-state index in [2.05, 4.69) is 4.98 Å². The molecule has 0 aliphatic heterocycles. The lowest BCUT2D eigenvalue weighted by Gasteiger charge is -2.12. The summed E-state index contributed by atoms with van der Waals surface area (Å²) in [7, 11) is 0. The molecule has 0 radical (unpaired) electrons. The number of nitrogens with zero attached hydrogens (tertiary/aromatic N) is 1. The van der Waals surface area contributed by atoms with Crippen molar-refractivity contribution in [2.24, 2.45) is 5.73 Å². The highest BCUT2D eigenvalue weighted by Crippen LogP contribution is 2.31. The van der Waals surface area contributed by atoms with Gasteiger partial charge in [0.1, 0.15) is 10.7 Å². The summed E-state index contributed by atoms with van der Waals surface area (Å²) in [5.41, 5.74) is 9.75. The van der Waals surface area contributed by atoms with E-state index < -0.39 is 0 Å². The largest absolute Gasteiger partial charge is 0.438 e. The van der Waals surface area contributed by atoms with Crippen LogP contribution in [0, 0.1) is 6.92 Å². The van der Waals surface area contributed by atoms with E-state index in [-0.39, 0.29) is 0 Å². The third-order valence-electron chi connectivity index (χ3n) is 3.63. The molecule has 2 aromatic rings. The molecule has 1 heterocycles. The molecule has 21 heavy (non-hydrogen) atoms. The second-order valence-electron chi connectivity index (χ2n) is 5.18. The van der Waals surface area contributed by atoms with Crippen LogP contribution in [0.2, 0.25) is 5.02 Å². The fourth-order valence-corrected chi connectivity index (χ4v) is 2.76. The summed E-state index contributed by atoms with van der Waals surface area (Å²) in [5, 5.41) is 0.707. The van der Waals surface area contributed by atoms with Crippen LogP contribution in [0.15, 0.2) is 24.3 Å². The molecule has 3 nitrogen and oxygen atoms in total. The Morgan fingerprint density at radius 1 is 1.33 bits per heavy atom. The van der Waals surface area contributed by atoms with Gasteiger partial charge >= 0.3 is 0 Å². The summed E-state index contributed by atoms with van der Waals surface area (Å²) in [4.78, 5) is 4.90. The fraction of sp³-hybridized carbons (Fsp3) is 0.250. The zero-order valence-corrected chi connectivity index (χ0v) is 13.2. The number of fused-ring (bicyclic) bond motifs is 1. The zero-order chi connectivity index (χ0) is 15.0. The Morgan fingerprint density at radius 3 is 2.86 bits per heavy atom. The average molecular weight is 319 g/mol. The molecule has 0 spiro atoms. The van der Waals surface area contributed by atoms with Crippen LogP contribution in [0.3, 0.4) is 0 Å². The van der Waals surface area contributed by atoms with Crippen LogP contribution in [0.4, 0.5) is 0 Å². The summed E-state index contributed by atoms with van der Waals surface area (Å²) >= 11 is 11.2. The molecule has 5 heteroatoms. The van der Waals surface area contributed by atoms with Gasteiger partial charge in [0, 0.05) is 10.7 Å². The van der Waals surface area contributed by atoms with Crippen molar-refractivity contribution in [1.82, 2.24) is 4.98 Å². The highest BCUT2D eigenvalue weighted by atomic mass is 35.5. The van der Waals surface area contributed by atoms with Crippen molar-refractivity contribution in [1.29, 1.82) is 0 Å². The predicted molar refractivity (Wildman–Crippen MR) is 88.4 cm³/mol. The molecular weight excluding hydrogens is 304 g/mol. The van der Waals surface area contributed by atoms with E-state index >= 15 is 0 Å². The lowest BCUT2D eigenvalue weighted by atomic mass is 10.1. The fourth-order valence-electron chi connectivity index (χ4n) is 2.50. The third-order valence-corrected chi connectivity index (χ3v) is 4.27. The molecule has 1 aliphatic rings. The number of aromatic nitrogens is 1. The first-order valence-electron chi connectivity index (χ1n) is 6.81. The molecule has 0 amide bonds. The van der Waals surface area contributed by atoms with Crippen molar-refractivity contribution >= 4 is 28.8 Å². The topological polar surface area (TPSA) is 48.1 Å². The van der Waals surface area contributed by atoms with Crippen molar-refractivity contribution < 1.29 is 4.74 Å². The second kappa shape index (κ2) is 5.62. The van der Waals surface area contributed by atoms with E-state index in [1.807, 2.05) is 25.1 Å². The third kappa shape index (κ3) is 2.87. The Kier molecular flexibility index (Phi) is 3.83. The smallest absolute Gasteiger partial charge is 0.229 e. The average Bonchev–Trinajstić information content (AvgIpc) is 2.89. The number of hydrogen-bond acceptors (Lipinski definition) is 3. The van der Waals surface area contributed by atoms with Gasteiger partial charge in [-0.25, -0.2) is 4.98 Å². The molecule has 0 atom stereocenters. The molecule has 0 unspecified atom stereocenters. The first-order chi connectivity index (χ1) is 10.0. The van der Waals surface area contributed by atoms with Crippen molar-refractivity contribution in [2.75, 3.05) is 0 Å². The number of aryl methyl sites for hydroxylation is 3. The van der Waals surface area contributed by atoms with Gasteiger partial charge in [0.05, 0.1) is 5.56 Å². The quantitative estimate of drug-likeness (QED) is 0.870. The Labute approximate surface area is 134 Å². The summed E-state index contributed by atoms with van der Waals surface area (Å²) in [6, 6.07) is 7.50. The number of nitrogens with two attached hydrogens (primary N) is 1. The molecule has 2 N–H and O–H groups in total. The minimum Gasteiger partial charge on any atom is -0.438 e. The van der Waals surface area contributed by atoms with Crippen LogP contribution >= 0.6 is 23.8 Å². The van der Waals surface area contributed by atoms with Gasteiger partial charge in [-0.3, -0.25) is 0 Å². The maximum absolute atomic E-state index is 6.03. The van der Waals surface area contributed by atoms with Crippen molar-refractivity contribution in [2.45, 2.75) is 26.2 Å².